The van der Waals surface area contributed by atoms with Crippen LogP contribution in [0.25, 0.3) is 22.4 Å². The number of aromatic nitrogens is 3. The first kappa shape index (κ1) is 31.5. The van der Waals surface area contributed by atoms with Crippen LogP contribution in [-0.2, 0) is 20.7 Å². The van der Waals surface area contributed by atoms with Gasteiger partial charge in [0.25, 0.3) is 0 Å². The Kier molecular flexibility index (Phi) is 8.47. The van der Waals surface area contributed by atoms with Crippen LogP contribution in [0.4, 0.5) is 0 Å². The van der Waals surface area contributed by atoms with Crippen molar-refractivity contribution in [1.29, 1.82) is 0 Å². The number of aliphatic hydroxyl groups is 2. The average molecular weight is 632 g/mol. The van der Waals surface area contributed by atoms with E-state index in [1.165, 1.54) is 11.8 Å². The Morgan fingerprint density at radius 1 is 0.957 bits per heavy atom. The van der Waals surface area contributed by atoms with Gasteiger partial charge in [0.05, 0.1) is 26.0 Å². The quantitative estimate of drug-likeness (QED) is 0.216. The number of fused-ring (bicyclic) bond motifs is 1. The van der Waals surface area contributed by atoms with Crippen LogP contribution in [-0.4, -0.2) is 82.7 Å². The minimum atomic E-state index is -1.36. The van der Waals surface area contributed by atoms with Gasteiger partial charge in [0, 0.05) is 30.2 Å². The fraction of sp³-hybridized carbons (Fsp3) is 0.382. The number of carbonyl (C=O) groups is 1. The third-order valence-corrected chi connectivity index (χ3v) is 8.57. The Morgan fingerprint density at radius 3 is 2.48 bits per heavy atom. The standard InChI is InChI=1S/C34H37N3O9/c1-18-26(44-33-29(39)28(38)31(43-6)34(2,3)46-33)12-11-21-16-25(32(40)45-30(18)21)37-17-24(35-36-37)20-10-13-27(42-5)23(15-20)19-8-7-9-22(14-19)41-4/h7-15,17,25,28-29,31,33,38-39H,16H2,1-6H3/t25?,28-,29+,31+,33+/m0/s1. The van der Waals surface area contributed by atoms with Crippen molar-refractivity contribution in [2.75, 3.05) is 21.3 Å². The molecule has 0 aliphatic carbocycles. The highest BCUT2D eigenvalue weighted by Gasteiger charge is 2.50. The fourth-order valence-electron chi connectivity index (χ4n) is 6.10. The van der Waals surface area contributed by atoms with Crippen LogP contribution < -0.4 is 18.9 Å². The number of methoxy groups -OCH3 is 3. The second-order valence-corrected chi connectivity index (χ2v) is 11.9. The van der Waals surface area contributed by atoms with Gasteiger partial charge in [0.2, 0.25) is 6.29 Å². The first-order valence-corrected chi connectivity index (χ1v) is 14.9. The molecule has 3 heterocycles. The summed E-state index contributed by atoms with van der Waals surface area (Å²) in [6.45, 7) is 5.25. The van der Waals surface area contributed by atoms with Crippen molar-refractivity contribution < 1.29 is 43.4 Å². The molecule has 12 nitrogen and oxygen atoms in total. The van der Waals surface area contributed by atoms with E-state index in [-0.39, 0.29) is 0 Å². The second kappa shape index (κ2) is 12.4. The lowest BCUT2D eigenvalue weighted by atomic mass is 9.89. The number of carbonyl (C=O) groups excluding carboxylic acids is 1. The van der Waals surface area contributed by atoms with E-state index in [1.54, 1.807) is 53.3 Å². The molecule has 0 spiro atoms. The first-order chi connectivity index (χ1) is 22.0. The Morgan fingerprint density at radius 2 is 1.74 bits per heavy atom. The fourth-order valence-corrected chi connectivity index (χ4v) is 6.10. The number of aliphatic hydroxyl groups excluding tert-OH is 2. The maximum absolute atomic E-state index is 13.3. The van der Waals surface area contributed by atoms with E-state index >= 15 is 0 Å². The Bertz CT molecular complexity index is 1750. The van der Waals surface area contributed by atoms with Crippen molar-refractivity contribution in [3.05, 3.63) is 71.9 Å². The summed E-state index contributed by atoms with van der Waals surface area (Å²) in [5.41, 5.74) is 3.56. The largest absolute Gasteiger partial charge is 0.497 e. The van der Waals surface area contributed by atoms with Crippen LogP contribution >= 0.6 is 0 Å². The predicted molar refractivity (Wildman–Crippen MR) is 166 cm³/mol. The van der Waals surface area contributed by atoms with Gasteiger partial charge in [-0.05, 0) is 68.3 Å². The van der Waals surface area contributed by atoms with Gasteiger partial charge in [-0.3, -0.25) is 0 Å². The highest BCUT2D eigenvalue weighted by atomic mass is 16.7. The van der Waals surface area contributed by atoms with Crippen molar-refractivity contribution in [2.45, 2.75) is 63.4 Å². The maximum Gasteiger partial charge on any atom is 0.336 e. The van der Waals surface area contributed by atoms with Crippen LogP contribution in [0.2, 0.25) is 0 Å². The summed E-state index contributed by atoms with van der Waals surface area (Å²) in [7, 11) is 4.68. The molecule has 2 N–H and O–H groups in total. The van der Waals surface area contributed by atoms with Crippen molar-refractivity contribution in [1.82, 2.24) is 15.0 Å². The van der Waals surface area contributed by atoms with Gasteiger partial charge >= 0.3 is 5.97 Å². The molecule has 3 aromatic carbocycles. The highest BCUT2D eigenvalue weighted by Crippen LogP contribution is 2.40. The summed E-state index contributed by atoms with van der Waals surface area (Å²) in [6.07, 6.45) is -2.47. The normalized spacial score (nSPS) is 23.7. The Balaban J connectivity index is 1.22. The van der Waals surface area contributed by atoms with E-state index < -0.39 is 42.2 Å². The molecule has 1 saturated heterocycles. The van der Waals surface area contributed by atoms with Crippen LogP contribution in [0.3, 0.4) is 0 Å². The van der Waals surface area contributed by atoms with Crippen LogP contribution in [0.5, 0.6) is 23.0 Å². The van der Waals surface area contributed by atoms with E-state index in [0.29, 0.717) is 34.9 Å². The SMILES string of the molecule is COc1cccc(-c2cc(-c3cn(C4Cc5ccc(O[C@@H]6OC(C)(C)[C@H](OC)[C@@H](O)[C@H]6O)c(C)c5OC4=O)nn3)ccc2OC)c1. The number of nitrogens with zero attached hydrogens (tertiary/aromatic N) is 3. The molecule has 6 rings (SSSR count). The molecule has 1 unspecified atom stereocenters. The minimum absolute atomic E-state index is 0.319. The first-order valence-electron chi connectivity index (χ1n) is 14.9. The molecular formula is C34H37N3O9. The van der Waals surface area contributed by atoms with Gasteiger partial charge in [-0.25, -0.2) is 9.48 Å². The molecule has 5 atom stereocenters. The summed E-state index contributed by atoms with van der Waals surface area (Å²) in [5.74, 6) is 1.65. The van der Waals surface area contributed by atoms with Crippen molar-refractivity contribution in [3.63, 3.8) is 0 Å². The number of benzene rings is 3. The van der Waals surface area contributed by atoms with Gasteiger partial charge < -0.3 is 38.6 Å². The zero-order chi connectivity index (χ0) is 32.7. The van der Waals surface area contributed by atoms with Crippen LogP contribution in [0.15, 0.2) is 60.8 Å². The summed E-state index contributed by atoms with van der Waals surface area (Å²) in [6, 6.07) is 16.2. The molecule has 46 heavy (non-hydrogen) atoms. The van der Waals surface area contributed by atoms with Gasteiger partial charge in [0.1, 0.15) is 47.0 Å². The van der Waals surface area contributed by atoms with E-state index in [0.717, 1.165) is 28.0 Å². The molecule has 1 fully saturated rings. The van der Waals surface area contributed by atoms with E-state index in [4.69, 9.17) is 28.4 Å². The van der Waals surface area contributed by atoms with E-state index in [2.05, 4.69) is 10.3 Å². The van der Waals surface area contributed by atoms with E-state index in [9.17, 15) is 15.0 Å². The molecule has 2 aliphatic heterocycles. The smallest absolute Gasteiger partial charge is 0.336 e. The van der Waals surface area contributed by atoms with Gasteiger partial charge in [0.15, 0.2) is 6.04 Å². The molecular weight excluding hydrogens is 594 g/mol. The van der Waals surface area contributed by atoms with Gasteiger partial charge in [-0.1, -0.05) is 23.4 Å². The topological polar surface area (TPSA) is 144 Å². The molecule has 0 amide bonds. The molecule has 0 bridgehead atoms. The minimum Gasteiger partial charge on any atom is -0.497 e. The van der Waals surface area contributed by atoms with Crippen LogP contribution in [0.1, 0.15) is 31.0 Å². The second-order valence-electron chi connectivity index (χ2n) is 11.9. The van der Waals surface area contributed by atoms with Crippen molar-refractivity contribution in [3.8, 4) is 45.4 Å². The summed E-state index contributed by atoms with van der Waals surface area (Å²) >= 11 is 0. The number of ether oxygens (including phenoxy) is 6. The molecule has 0 saturated carbocycles. The predicted octanol–water partition coefficient (Wildman–Crippen LogP) is 3.89. The number of hydrogen-bond donors (Lipinski definition) is 2. The lowest BCUT2D eigenvalue weighted by Crippen LogP contribution is -2.63. The molecule has 12 heteroatoms. The van der Waals surface area contributed by atoms with Crippen molar-refractivity contribution in [2.24, 2.45) is 0 Å². The monoisotopic (exact) mass is 631 g/mol. The third-order valence-electron chi connectivity index (χ3n) is 8.57. The molecule has 242 valence electrons. The number of rotatable bonds is 8. The maximum atomic E-state index is 13.3. The molecule has 2 aliphatic rings. The van der Waals surface area contributed by atoms with Crippen LogP contribution in [0, 0.1) is 6.92 Å². The summed E-state index contributed by atoms with van der Waals surface area (Å²) in [4.78, 5) is 13.3. The number of hydrogen-bond acceptors (Lipinski definition) is 11. The van der Waals surface area contributed by atoms with Gasteiger partial charge in [-0.15, -0.1) is 5.10 Å². The molecule has 0 radical (unpaired) electrons. The van der Waals surface area contributed by atoms with E-state index in [1.807, 2.05) is 42.5 Å². The van der Waals surface area contributed by atoms with Crippen molar-refractivity contribution >= 4 is 5.97 Å². The van der Waals surface area contributed by atoms with Gasteiger partial charge in [-0.2, -0.15) is 0 Å². The lowest BCUT2D eigenvalue weighted by molar-refractivity contribution is -0.306. The molecule has 4 aromatic rings. The number of esters is 1. The summed E-state index contributed by atoms with van der Waals surface area (Å²) in [5, 5.41) is 29.9. The summed E-state index contributed by atoms with van der Waals surface area (Å²) < 4.78 is 35.6. The average Bonchev–Trinajstić information content (AvgIpc) is 3.54. The molecule has 1 aromatic heterocycles. The zero-order valence-corrected chi connectivity index (χ0v) is 26.5. The Labute approximate surface area is 266 Å². The Hall–Kier alpha value is -4.49. The lowest BCUT2D eigenvalue weighted by Gasteiger charge is -2.46. The zero-order valence-electron chi connectivity index (χ0n) is 26.5. The third kappa shape index (κ3) is 5.69. The highest BCUT2D eigenvalue weighted by molar-refractivity contribution is 5.81.